The Morgan fingerprint density at radius 1 is 1.27 bits per heavy atom. The maximum absolute atomic E-state index is 12.9. The highest BCUT2D eigenvalue weighted by Gasteiger charge is 2.30. The molecule has 0 unspecified atom stereocenters. The number of hydrogen-bond acceptors (Lipinski definition) is 5. The second-order valence-corrected chi connectivity index (χ2v) is 7.62. The van der Waals surface area contributed by atoms with E-state index in [0.717, 1.165) is 6.42 Å². The minimum atomic E-state index is -0.518. The van der Waals surface area contributed by atoms with Crippen molar-refractivity contribution < 1.29 is 23.8 Å². The number of carbonyl (C=O) groups is 2. The van der Waals surface area contributed by atoms with E-state index < -0.39 is 11.7 Å². The number of likely N-dealkylation sites (tertiary alicyclic amines) is 1. The number of carbonyl (C=O) groups excluding carboxylic acids is 2. The van der Waals surface area contributed by atoms with Crippen LogP contribution >= 0.6 is 0 Å². The molecule has 26 heavy (non-hydrogen) atoms. The Hall–Kier alpha value is -2.44. The van der Waals surface area contributed by atoms with Gasteiger partial charge in [0.1, 0.15) is 18.8 Å². The van der Waals surface area contributed by atoms with Crippen LogP contribution in [0.2, 0.25) is 0 Å². The quantitative estimate of drug-likeness (QED) is 0.894. The Balaban J connectivity index is 1.56. The molecule has 1 atom stereocenters. The third kappa shape index (κ3) is 4.39. The van der Waals surface area contributed by atoms with Gasteiger partial charge in [-0.3, -0.25) is 4.79 Å². The number of fused-ring (bicyclic) bond motifs is 1. The zero-order valence-corrected chi connectivity index (χ0v) is 15.5. The predicted octanol–water partition coefficient (Wildman–Crippen LogP) is 2.44. The summed E-state index contributed by atoms with van der Waals surface area (Å²) in [7, 11) is 0. The van der Waals surface area contributed by atoms with E-state index in [4.69, 9.17) is 14.2 Å². The molecule has 2 amide bonds. The van der Waals surface area contributed by atoms with Gasteiger partial charge in [-0.15, -0.1) is 0 Å². The van der Waals surface area contributed by atoms with Crippen LogP contribution in [0.3, 0.4) is 0 Å². The number of para-hydroxylation sites is 1. The molecule has 7 heteroatoms. The first-order chi connectivity index (χ1) is 12.3. The van der Waals surface area contributed by atoms with Gasteiger partial charge < -0.3 is 24.4 Å². The molecule has 1 fully saturated rings. The lowest BCUT2D eigenvalue weighted by Gasteiger charge is -2.23. The largest absolute Gasteiger partial charge is 0.486 e. The van der Waals surface area contributed by atoms with Crippen LogP contribution in [-0.2, 0) is 4.74 Å². The molecule has 0 aliphatic carbocycles. The summed E-state index contributed by atoms with van der Waals surface area (Å²) in [5.74, 6) is 1.29. The van der Waals surface area contributed by atoms with E-state index in [1.54, 1.807) is 17.0 Å². The lowest BCUT2D eigenvalue weighted by molar-refractivity contribution is 0.0520. The zero-order valence-electron chi connectivity index (χ0n) is 15.5. The molecule has 2 aliphatic rings. The van der Waals surface area contributed by atoms with Gasteiger partial charge in [-0.25, -0.2) is 4.79 Å². The summed E-state index contributed by atoms with van der Waals surface area (Å²) >= 11 is 0. The summed E-state index contributed by atoms with van der Waals surface area (Å²) in [5.41, 5.74) is 0.0129. The molecule has 2 aliphatic heterocycles. The molecule has 142 valence electrons. The molecule has 2 heterocycles. The summed E-state index contributed by atoms with van der Waals surface area (Å²) in [6, 6.07) is 5.38. The Labute approximate surface area is 153 Å². The van der Waals surface area contributed by atoms with Gasteiger partial charge in [0.05, 0.1) is 5.56 Å². The standard InChI is InChI=1S/C19H26N2O5/c1-19(2,3)26-18(23)20-11-13-7-8-21(12-13)17(22)14-5-4-6-15-16(14)25-10-9-24-15/h4-6,13H,7-12H2,1-3H3,(H,20,23)/t13-/m1/s1. The Morgan fingerprint density at radius 3 is 2.81 bits per heavy atom. The van der Waals surface area contributed by atoms with Crippen molar-refractivity contribution in [2.45, 2.75) is 32.8 Å². The smallest absolute Gasteiger partial charge is 0.407 e. The lowest BCUT2D eigenvalue weighted by Crippen LogP contribution is -2.36. The van der Waals surface area contributed by atoms with Crippen molar-refractivity contribution in [1.82, 2.24) is 10.2 Å². The van der Waals surface area contributed by atoms with Crippen molar-refractivity contribution >= 4 is 12.0 Å². The van der Waals surface area contributed by atoms with Gasteiger partial charge in [-0.05, 0) is 45.2 Å². The number of ether oxygens (including phenoxy) is 3. The topological polar surface area (TPSA) is 77.1 Å². The van der Waals surface area contributed by atoms with E-state index in [1.165, 1.54) is 0 Å². The van der Waals surface area contributed by atoms with Crippen molar-refractivity contribution in [3.05, 3.63) is 23.8 Å². The minimum absolute atomic E-state index is 0.0629. The van der Waals surface area contributed by atoms with Crippen molar-refractivity contribution in [1.29, 1.82) is 0 Å². The number of amides is 2. The number of hydrogen-bond donors (Lipinski definition) is 1. The highest BCUT2D eigenvalue weighted by atomic mass is 16.6. The highest BCUT2D eigenvalue weighted by molar-refractivity contribution is 5.98. The molecule has 7 nitrogen and oxygen atoms in total. The molecule has 0 radical (unpaired) electrons. The summed E-state index contributed by atoms with van der Waals surface area (Å²) in [4.78, 5) is 26.4. The summed E-state index contributed by atoms with van der Waals surface area (Å²) in [6.07, 6.45) is 0.415. The van der Waals surface area contributed by atoms with Crippen LogP contribution in [0.25, 0.3) is 0 Å². The Kier molecular flexibility index (Phi) is 5.25. The highest BCUT2D eigenvalue weighted by Crippen LogP contribution is 2.35. The van der Waals surface area contributed by atoms with E-state index in [9.17, 15) is 9.59 Å². The van der Waals surface area contributed by atoms with Crippen LogP contribution in [0.5, 0.6) is 11.5 Å². The van der Waals surface area contributed by atoms with Gasteiger partial charge >= 0.3 is 6.09 Å². The summed E-state index contributed by atoms with van der Waals surface area (Å²) < 4.78 is 16.4. The molecule has 1 N–H and O–H groups in total. The zero-order chi connectivity index (χ0) is 18.7. The third-order valence-electron chi connectivity index (χ3n) is 4.30. The van der Waals surface area contributed by atoms with Crippen LogP contribution in [0.1, 0.15) is 37.6 Å². The van der Waals surface area contributed by atoms with Crippen LogP contribution in [-0.4, -0.2) is 55.3 Å². The summed E-state index contributed by atoms with van der Waals surface area (Å²) in [6.45, 7) is 8.17. The van der Waals surface area contributed by atoms with E-state index in [0.29, 0.717) is 49.9 Å². The van der Waals surface area contributed by atoms with Gasteiger partial charge in [0.15, 0.2) is 11.5 Å². The normalized spacial score (nSPS) is 19.2. The Morgan fingerprint density at radius 2 is 2.04 bits per heavy atom. The second kappa shape index (κ2) is 7.43. The lowest BCUT2D eigenvalue weighted by atomic mass is 10.1. The molecule has 1 aromatic rings. The van der Waals surface area contributed by atoms with Crippen molar-refractivity contribution in [2.24, 2.45) is 5.92 Å². The van der Waals surface area contributed by atoms with Gasteiger partial charge in [0.25, 0.3) is 5.91 Å². The van der Waals surface area contributed by atoms with Gasteiger partial charge in [0, 0.05) is 19.6 Å². The van der Waals surface area contributed by atoms with Crippen LogP contribution in [0, 0.1) is 5.92 Å². The van der Waals surface area contributed by atoms with E-state index >= 15 is 0 Å². The molecule has 0 bridgehead atoms. The monoisotopic (exact) mass is 362 g/mol. The molecule has 0 aromatic heterocycles. The predicted molar refractivity (Wildman–Crippen MR) is 95.7 cm³/mol. The first kappa shape index (κ1) is 18.4. The second-order valence-electron chi connectivity index (χ2n) is 7.62. The molecular formula is C19H26N2O5. The number of nitrogens with zero attached hydrogens (tertiary/aromatic N) is 1. The minimum Gasteiger partial charge on any atom is -0.486 e. The first-order valence-electron chi connectivity index (χ1n) is 8.98. The maximum atomic E-state index is 12.9. The molecule has 1 aromatic carbocycles. The van der Waals surface area contributed by atoms with Crippen LogP contribution in [0.15, 0.2) is 18.2 Å². The average molecular weight is 362 g/mol. The van der Waals surface area contributed by atoms with E-state index in [1.807, 2.05) is 26.8 Å². The van der Waals surface area contributed by atoms with E-state index in [-0.39, 0.29) is 11.8 Å². The maximum Gasteiger partial charge on any atom is 0.407 e. The fraction of sp³-hybridized carbons (Fsp3) is 0.579. The van der Waals surface area contributed by atoms with E-state index in [2.05, 4.69) is 5.32 Å². The van der Waals surface area contributed by atoms with Crippen molar-refractivity contribution in [3.63, 3.8) is 0 Å². The average Bonchev–Trinajstić information content (AvgIpc) is 3.06. The van der Waals surface area contributed by atoms with Gasteiger partial charge in [0.2, 0.25) is 0 Å². The van der Waals surface area contributed by atoms with Crippen LogP contribution < -0.4 is 14.8 Å². The van der Waals surface area contributed by atoms with Gasteiger partial charge in [-0.2, -0.15) is 0 Å². The number of alkyl carbamates (subject to hydrolysis) is 1. The first-order valence-corrected chi connectivity index (χ1v) is 8.98. The molecule has 1 saturated heterocycles. The fourth-order valence-electron chi connectivity index (χ4n) is 3.14. The SMILES string of the molecule is CC(C)(C)OC(=O)NC[C@H]1CCN(C(=O)c2cccc3c2OCCO3)C1. The third-order valence-corrected chi connectivity index (χ3v) is 4.30. The molecule has 0 spiro atoms. The van der Waals surface area contributed by atoms with Crippen LogP contribution in [0.4, 0.5) is 4.79 Å². The van der Waals surface area contributed by atoms with Gasteiger partial charge in [-0.1, -0.05) is 6.07 Å². The number of rotatable bonds is 3. The fourth-order valence-corrected chi connectivity index (χ4v) is 3.14. The molecular weight excluding hydrogens is 336 g/mol. The van der Waals surface area contributed by atoms with Crippen molar-refractivity contribution in [3.8, 4) is 11.5 Å². The summed E-state index contributed by atoms with van der Waals surface area (Å²) in [5, 5.41) is 2.79. The number of benzene rings is 1. The Bertz CT molecular complexity index is 683. The number of nitrogens with one attached hydrogen (secondary N) is 1. The molecule has 3 rings (SSSR count). The van der Waals surface area contributed by atoms with Crippen molar-refractivity contribution in [2.75, 3.05) is 32.8 Å². The molecule has 0 saturated carbocycles.